The molecule has 1 aliphatic carbocycles. The molecule has 1 heterocycles. The molecule has 120 valence electrons. The summed E-state index contributed by atoms with van der Waals surface area (Å²) in [5.74, 6) is -0.305. The molecule has 0 atom stereocenters. The maximum Gasteiger partial charge on any atom is 0.253 e. The van der Waals surface area contributed by atoms with E-state index in [2.05, 4.69) is 15.7 Å². The first-order valence-corrected chi connectivity index (χ1v) is 7.87. The van der Waals surface area contributed by atoms with Crippen molar-refractivity contribution in [2.24, 2.45) is 0 Å². The van der Waals surface area contributed by atoms with Crippen molar-refractivity contribution in [2.75, 3.05) is 5.32 Å². The molecule has 1 saturated carbocycles. The standard InChI is InChI=1S/C16H17ClN4O2/c17-14-10-12(4-5-13(14)16(23)20-11-2-3-11)19-15(22)6-9-21-8-1-7-18-21/h1,4-5,7-8,10-11H,2-3,6,9H2,(H,19,22)(H,20,23). The lowest BCUT2D eigenvalue weighted by molar-refractivity contribution is -0.116. The van der Waals surface area contributed by atoms with E-state index in [4.69, 9.17) is 11.6 Å². The fourth-order valence-electron chi connectivity index (χ4n) is 2.14. The van der Waals surface area contributed by atoms with Crippen molar-refractivity contribution in [3.05, 3.63) is 47.2 Å². The van der Waals surface area contributed by atoms with E-state index in [0.717, 1.165) is 12.8 Å². The van der Waals surface area contributed by atoms with E-state index < -0.39 is 0 Å². The van der Waals surface area contributed by atoms with Gasteiger partial charge in [-0.25, -0.2) is 0 Å². The van der Waals surface area contributed by atoms with Crippen molar-refractivity contribution < 1.29 is 9.59 Å². The molecule has 1 aromatic carbocycles. The van der Waals surface area contributed by atoms with E-state index in [-0.39, 0.29) is 17.9 Å². The summed E-state index contributed by atoms with van der Waals surface area (Å²) in [5.41, 5.74) is 0.997. The van der Waals surface area contributed by atoms with Gasteiger partial charge in [0.15, 0.2) is 0 Å². The minimum atomic E-state index is -0.172. The number of halogens is 1. The van der Waals surface area contributed by atoms with E-state index in [0.29, 0.717) is 29.2 Å². The maximum absolute atomic E-state index is 12.0. The summed E-state index contributed by atoms with van der Waals surface area (Å²) in [6.07, 6.45) is 5.82. The van der Waals surface area contributed by atoms with Crippen molar-refractivity contribution in [2.45, 2.75) is 31.8 Å². The van der Waals surface area contributed by atoms with Crippen molar-refractivity contribution in [3.63, 3.8) is 0 Å². The summed E-state index contributed by atoms with van der Waals surface area (Å²) in [7, 11) is 0. The molecule has 3 rings (SSSR count). The van der Waals surface area contributed by atoms with Crippen molar-refractivity contribution in [1.29, 1.82) is 0 Å². The van der Waals surface area contributed by atoms with Gasteiger partial charge in [0, 0.05) is 37.1 Å². The zero-order valence-corrected chi connectivity index (χ0v) is 13.2. The van der Waals surface area contributed by atoms with Crippen LogP contribution in [0.1, 0.15) is 29.6 Å². The average molecular weight is 333 g/mol. The Bertz CT molecular complexity index is 711. The Balaban J connectivity index is 1.56. The number of benzene rings is 1. The van der Waals surface area contributed by atoms with Crippen LogP contribution >= 0.6 is 11.6 Å². The second-order valence-electron chi connectivity index (χ2n) is 5.51. The quantitative estimate of drug-likeness (QED) is 0.853. The van der Waals surface area contributed by atoms with Gasteiger partial charge in [-0.15, -0.1) is 0 Å². The van der Waals surface area contributed by atoms with Crippen LogP contribution in [0, 0.1) is 0 Å². The first-order chi connectivity index (χ1) is 11.1. The van der Waals surface area contributed by atoms with Crippen LogP contribution in [0.15, 0.2) is 36.7 Å². The third kappa shape index (κ3) is 4.32. The van der Waals surface area contributed by atoms with Gasteiger partial charge in [0.05, 0.1) is 10.6 Å². The largest absolute Gasteiger partial charge is 0.349 e. The third-order valence-electron chi connectivity index (χ3n) is 3.54. The van der Waals surface area contributed by atoms with E-state index in [1.165, 1.54) is 0 Å². The fraction of sp³-hybridized carbons (Fsp3) is 0.312. The molecule has 6 nitrogen and oxygen atoms in total. The number of anilines is 1. The molecular weight excluding hydrogens is 316 g/mol. The fourth-order valence-corrected chi connectivity index (χ4v) is 2.41. The highest BCUT2D eigenvalue weighted by atomic mass is 35.5. The molecule has 0 bridgehead atoms. The molecule has 2 aromatic rings. The van der Waals surface area contributed by atoms with Gasteiger partial charge in [-0.1, -0.05) is 11.6 Å². The number of hydrogen-bond acceptors (Lipinski definition) is 3. The van der Waals surface area contributed by atoms with E-state index in [1.54, 1.807) is 35.3 Å². The SMILES string of the molecule is O=C(CCn1cccn1)Nc1ccc(C(=O)NC2CC2)c(Cl)c1. The highest BCUT2D eigenvalue weighted by molar-refractivity contribution is 6.34. The number of amides is 2. The molecule has 0 spiro atoms. The number of rotatable bonds is 6. The number of nitrogens with zero attached hydrogens (tertiary/aromatic N) is 2. The molecule has 0 aliphatic heterocycles. The van der Waals surface area contributed by atoms with Gasteiger partial charge in [0.25, 0.3) is 5.91 Å². The zero-order chi connectivity index (χ0) is 16.2. The summed E-state index contributed by atoms with van der Waals surface area (Å²) in [5, 5.41) is 10.0. The summed E-state index contributed by atoms with van der Waals surface area (Å²) in [6, 6.07) is 6.99. The van der Waals surface area contributed by atoms with Crippen LogP contribution in [0.25, 0.3) is 0 Å². The van der Waals surface area contributed by atoms with Gasteiger partial charge >= 0.3 is 0 Å². The van der Waals surface area contributed by atoms with Gasteiger partial charge in [0.2, 0.25) is 5.91 Å². The van der Waals surface area contributed by atoms with E-state index in [9.17, 15) is 9.59 Å². The number of aromatic nitrogens is 2. The Kier molecular flexibility index (Phi) is 4.62. The summed E-state index contributed by atoms with van der Waals surface area (Å²) < 4.78 is 1.69. The molecule has 2 amide bonds. The first-order valence-electron chi connectivity index (χ1n) is 7.49. The van der Waals surface area contributed by atoms with Gasteiger partial charge < -0.3 is 10.6 Å². The number of carbonyl (C=O) groups is 2. The molecular formula is C16H17ClN4O2. The first kappa shape index (κ1) is 15.6. The third-order valence-corrected chi connectivity index (χ3v) is 3.85. The normalized spacial score (nSPS) is 13.6. The Hall–Kier alpha value is -2.34. The Morgan fingerprint density at radius 3 is 2.83 bits per heavy atom. The maximum atomic E-state index is 12.0. The lowest BCUT2D eigenvalue weighted by Gasteiger charge is -2.09. The van der Waals surface area contributed by atoms with Gasteiger partial charge in [0.1, 0.15) is 0 Å². The topological polar surface area (TPSA) is 76.0 Å². The molecule has 0 unspecified atom stereocenters. The minimum absolute atomic E-state index is 0.133. The average Bonchev–Trinajstić information content (AvgIpc) is 3.16. The van der Waals surface area contributed by atoms with Crippen LogP contribution in [0.3, 0.4) is 0 Å². The van der Waals surface area contributed by atoms with Gasteiger partial charge in [-0.05, 0) is 37.1 Å². The molecule has 7 heteroatoms. The highest BCUT2D eigenvalue weighted by Gasteiger charge is 2.24. The van der Waals surface area contributed by atoms with Crippen molar-refractivity contribution in [1.82, 2.24) is 15.1 Å². The number of nitrogens with one attached hydrogen (secondary N) is 2. The molecule has 1 aliphatic rings. The van der Waals surface area contributed by atoms with Gasteiger partial charge in [-0.3, -0.25) is 14.3 Å². The summed E-state index contributed by atoms with van der Waals surface area (Å²) >= 11 is 6.14. The zero-order valence-electron chi connectivity index (χ0n) is 12.5. The van der Waals surface area contributed by atoms with Crippen molar-refractivity contribution in [3.8, 4) is 0 Å². The van der Waals surface area contributed by atoms with E-state index >= 15 is 0 Å². The Morgan fingerprint density at radius 1 is 1.35 bits per heavy atom. The van der Waals surface area contributed by atoms with Crippen LogP contribution < -0.4 is 10.6 Å². The number of carbonyl (C=O) groups excluding carboxylic acids is 2. The minimum Gasteiger partial charge on any atom is -0.349 e. The lowest BCUT2D eigenvalue weighted by atomic mass is 10.2. The molecule has 1 aromatic heterocycles. The highest BCUT2D eigenvalue weighted by Crippen LogP contribution is 2.24. The molecule has 1 fully saturated rings. The predicted molar refractivity (Wildman–Crippen MR) is 87.4 cm³/mol. The van der Waals surface area contributed by atoms with Crippen LogP contribution in [0.4, 0.5) is 5.69 Å². The Morgan fingerprint density at radius 2 is 2.17 bits per heavy atom. The second kappa shape index (κ2) is 6.83. The lowest BCUT2D eigenvalue weighted by Crippen LogP contribution is -2.25. The predicted octanol–water partition coefficient (Wildman–Crippen LogP) is 2.46. The molecule has 0 radical (unpaired) electrons. The van der Waals surface area contributed by atoms with Crippen LogP contribution in [0.5, 0.6) is 0 Å². The van der Waals surface area contributed by atoms with Gasteiger partial charge in [-0.2, -0.15) is 5.10 Å². The Labute approximate surface area is 138 Å². The number of aryl methyl sites for hydroxylation is 1. The monoisotopic (exact) mass is 332 g/mol. The summed E-state index contributed by atoms with van der Waals surface area (Å²) in [6.45, 7) is 0.508. The smallest absolute Gasteiger partial charge is 0.253 e. The molecule has 2 N–H and O–H groups in total. The summed E-state index contributed by atoms with van der Waals surface area (Å²) in [4.78, 5) is 23.9. The van der Waals surface area contributed by atoms with E-state index in [1.807, 2.05) is 6.07 Å². The van der Waals surface area contributed by atoms with Crippen molar-refractivity contribution >= 4 is 29.1 Å². The second-order valence-corrected chi connectivity index (χ2v) is 5.92. The van der Waals surface area contributed by atoms with Crippen LogP contribution in [0.2, 0.25) is 5.02 Å². The van der Waals surface area contributed by atoms with Crippen LogP contribution in [-0.2, 0) is 11.3 Å². The molecule has 0 saturated heterocycles. The van der Waals surface area contributed by atoms with Crippen LogP contribution in [-0.4, -0.2) is 27.6 Å². The number of hydrogen-bond donors (Lipinski definition) is 2. The molecule has 23 heavy (non-hydrogen) atoms.